The molecule has 112 valence electrons. The van der Waals surface area contributed by atoms with Crippen LogP contribution in [0.2, 0.25) is 0 Å². The fourth-order valence-corrected chi connectivity index (χ4v) is 4.25. The van der Waals surface area contributed by atoms with Gasteiger partial charge in [0, 0.05) is 11.6 Å². The van der Waals surface area contributed by atoms with E-state index >= 15 is 0 Å². The highest BCUT2D eigenvalue weighted by atomic mass is 15.2. The van der Waals surface area contributed by atoms with Crippen LogP contribution in [0.4, 0.5) is 0 Å². The molecule has 0 aliphatic heterocycles. The Balaban J connectivity index is 2.15. The molecule has 0 aromatic rings. The first-order valence-corrected chi connectivity index (χ1v) is 8.61. The highest BCUT2D eigenvalue weighted by Crippen LogP contribution is 2.42. The van der Waals surface area contributed by atoms with Gasteiger partial charge in [-0.1, -0.05) is 39.0 Å². The highest BCUT2D eigenvalue weighted by molar-refractivity contribution is 5.04. The summed E-state index contributed by atoms with van der Waals surface area (Å²) in [6, 6.07) is 0.731. The van der Waals surface area contributed by atoms with Crippen molar-refractivity contribution >= 4 is 0 Å². The molecule has 0 aromatic carbocycles. The average molecular weight is 266 g/mol. The van der Waals surface area contributed by atoms with Crippen molar-refractivity contribution < 1.29 is 0 Å². The van der Waals surface area contributed by atoms with Gasteiger partial charge in [-0.15, -0.1) is 0 Å². The Bertz CT molecular complexity index is 250. The fraction of sp³-hybridized carbons (Fsp3) is 1.00. The van der Waals surface area contributed by atoms with E-state index in [-0.39, 0.29) is 0 Å². The lowest BCUT2D eigenvalue weighted by Crippen LogP contribution is -2.62. The van der Waals surface area contributed by atoms with Gasteiger partial charge in [-0.25, -0.2) is 0 Å². The van der Waals surface area contributed by atoms with Crippen molar-refractivity contribution in [1.29, 1.82) is 0 Å². The Morgan fingerprint density at radius 1 is 1.05 bits per heavy atom. The van der Waals surface area contributed by atoms with Crippen LogP contribution >= 0.6 is 0 Å². The van der Waals surface area contributed by atoms with E-state index in [1.807, 2.05) is 0 Å². The van der Waals surface area contributed by atoms with Gasteiger partial charge in [0.25, 0.3) is 0 Å². The van der Waals surface area contributed by atoms with Crippen molar-refractivity contribution in [1.82, 2.24) is 10.2 Å². The molecule has 2 fully saturated rings. The third kappa shape index (κ3) is 3.33. The van der Waals surface area contributed by atoms with Gasteiger partial charge in [-0.3, -0.25) is 0 Å². The molecule has 1 atom stereocenters. The zero-order valence-corrected chi connectivity index (χ0v) is 13.4. The Kier molecular flexibility index (Phi) is 5.70. The lowest BCUT2D eigenvalue weighted by atomic mass is 9.68. The Labute approximate surface area is 120 Å². The lowest BCUT2D eigenvalue weighted by Gasteiger charge is -2.51. The van der Waals surface area contributed by atoms with E-state index in [0.717, 1.165) is 12.0 Å². The maximum absolute atomic E-state index is 3.95. The summed E-state index contributed by atoms with van der Waals surface area (Å²) in [5.41, 5.74) is 0.427. The number of hydrogen-bond acceptors (Lipinski definition) is 2. The topological polar surface area (TPSA) is 15.3 Å². The standard InChI is InChI=1S/C17H34N2/c1-4-14-18-16(15-10-9-11-15)17(19(2)3)12-7-5-6-8-13-17/h15-16,18H,4-14H2,1-3H3. The molecular formula is C17H34N2. The smallest absolute Gasteiger partial charge is 0.0359 e. The predicted molar refractivity (Wildman–Crippen MR) is 83.5 cm³/mol. The molecule has 0 radical (unpaired) electrons. The Morgan fingerprint density at radius 3 is 2.11 bits per heavy atom. The molecular weight excluding hydrogens is 232 g/mol. The van der Waals surface area contributed by atoms with Crippen molar-refractivity contribution in [2.75, 3.05) is 20.6 Å². The zero-order chi connectivity index (χ0) is 13.7. The largest absolute Gasteiger partial charge is 0.312 e. The number of nitrogens with one attached hydrogen (secondary N) is 1. The van der Waals surface area contributed by atoms with Crippen molar-refractivity contribution in [2.24, 2.45) is 5.92 Å². The number of nitrogens with zero attached hydrogens (tertiary/aromatic N) is 1. The van der Waals surface area contributed by atoms with Gasteiger partial charge in [0.15, 0.2) is 0 Å². The number of hydrogen-bond donors (Lipinski definition) is 1. The summed E-state index contributed by atoms with van der Waals surface area (Å²) in [5.74, 6) is 0.937. The van der Waals surface area contributed by atoms with E-state index in [4.69, 9.17) is 0 Å². The van der Waals surface area contributed by atoms with Crippen LogP contribution in [0, 0.1) is 5.92 Å². The first kappa shape index (κ1) is 15.3. The average Bonchev–Trinajstić information content (AvgIpc) is 2.58. The molecule has 2 rings (SSSR count). The molecule has 2 aliphatic rings. The summed E-state index contributed by atoms with van der Waals surface area (Å²) in [6.45, 7) is 3.48. The van der Waals surface area contributed by atoms with Crippen LogP contribution in [-0.4, -0.2) is 37.1 Å². The van der Waals surface area contributed by atoms with Crippen LogP contribution in [0.15, 0.2) is 0 Å². The Hall–Kier alpha value is -0.0800. The second kappa shape index (κ2) is 7.08. The van der Waals surface area contributed by atoms with E-state index in [0.29, 0.717) is 5.54 Å². The summed E-state index contributed by atoms with van der Waals surface area (Å²) < 4.78 is 0. The minimum absolute atomic E-state index is 0.427. The molecule has 0 spiro atoms. The second-order valence-corrected chi connectivity index (χ2v) is 7.03. The monoisotopic (exact) mass is 266 g/mol. The van der Waals surface area contributed by atoms with Crippen LogP contribution < -0.4 is 5.32 Å². The quantitative estimate of drug-likeness (QED) is 0.736. The van der Waals surface area contributed by atoms with Gasteiger partial charge in [0.05, 0.1) is 0 Å². The second-order valence-electron chi connectivity index (χ2n) is 7.03. The van der Waals surface area contributed by atoms with Crippen LogP contribution in [-0.2, 0) is 0 Å². The molecule has 0 saturated heterocycles. The lowest BCUT2D eigenvalue weighted by molar-refractivity contribution is 0.0306. The van der Waals surface area contributed by atoms with Crippen LogP contribution in [0.25, 0.3) is 0 Å². The van der Waals surface area contributed by atoms with Gasteiger partial charge in [-0.2, -0.15) is 0 Å². The molecule has 19 heavy (non-hydrogen) atoms. The van der Waals surface area contributed by atoms with Gasteiger partial charge in [-0.05, 0) is 58.7 Å². The fourth-order valence-electron chi connectivity index (χ4n) is 4.25. The van der Waals surface area contributed by atoms with E-state index in [1.165, 1.54) is 70.8 Å². The van der Waals surface area contributed by atoms with Crippen LogP contribution in [0.5, 0.6) is 0 Å². The first-order valence-electron chi connectivity index (χ1n) is 8.61. The maximum Gasteiger partial charge on any atom is 0.0359 e. The molecule has 0 bridgehead atoms. The SMILES string of the molecule is CCCNC(C1CCC1)C1(N(C)C)CCCCCC1. The van der Waals surface area contributed by atoms with Crippen LogP contribution in [0.1, 0.15) is 71.1 Å². The Morgan fingerprint density at radius 2 is 1.68 bits per heavy atom. The van der Waals surface area contributed by atoms with Gasteiger partial charge < -0.3 is 10.2 Å². The summed E-state index contributed by atoms with van der Waals surface area (Å²) in [7, 11) is 4.65. The highest BCUT2D eigenvalue weighted by Gasteiger charge is 2.45. The molecule has 1 unspecified atom stereocenters. The van der Waals surface area contributed by atoms with Gasteiger partial charge in [0.1, 0.15) is 0 Å². The molecule has 0 amide bonds. The molecule has 2 nitrogen and oxygen atoms in total. The van der Waals surface area contributed by atoms with E-state index in [9.17, 15) is 0 Å². The first-order chi connectivity index (χ1) is 9.20. The molecule has 0 aromatic heterocycles. The van der Waals surface area contributed by atoms with Crippen molar-refractivity contribution in [2.45, 2.75) is 82.7 Å². The van der Waals surface area contributed by atoms with Crippen molar-refractivity contribution in [3.63, 3.8) is 0 Å². The van der Waals surface area contributed by atoms with Crippen molar-refractivity contribution in [3.8, 4) is 0 Å². The summed E-state index contributed by atoms with van der Waals surface area (Å²) in [6.07, 6.45) is 14.2. The summed E-state index contributed by atoms with van der Waals surface area (Å²) in [4.78, 5) is 2.57. The minimum atomic E-state index is 0.427. The van der Waals surface area contributed by atoms with E-state index in [2.05, 4.69) is 31.2 Å². The molecule has 0 heterocycles. The molecule has 1 N–H and O–H groups in total. The molecule has 2 aliphatic carbocycles. The van der Waals surface area contributed by atoms with Crippen LogP contribution in [0.3, 0.4) is 0 Å². The summed E-state index contributed by atoms with van der Waals surface area (Å²) in [5, 5.41) is 3.95. The zero-order valence-electron chi connectivity index (χ0n) is 13.4. The number of rotatable bonds is 6. The third-order valence-electron chi connectivity index (χ3n) is 5.67. The third-order valence-corrected chi connectivity index (χ3v) is 5.67. The number of likely N-dealkylation sites (N-methyl/N-ethyl adjacent to an activating group) is 1. The van der Waals surface area contributed by atoms with Gasteiger partial charge >= 0.3 is 0 Å². The van der Waals surface area contributed by atoms with Gasteiger partial charge in [0.2, 0.25) is 0 Å². The molecule has 2 saturated carbocycles. The van der Waals surface area contributed by atoms with Crippen molar-refractivity contribution in [3.05, 3.63) is 0 Å². The maximum atomic E-state index is 3.95. The predicted octanol–water partition coefficient (Wildman–Crippen LogP) is 3.81. The van der Waals surface area contributed by atoms with E-state index < -0.39 is 0 Å². The minimum Gasteiger partial charge on any atom is -0.312 e. The summed E-state index contributed by atoms with van der Waals surface area (Å²) >= 11 is 0. The molecule has 2 heteroatoms. The van der Waals surface area contributed by atoms with E-state index in [1.54, 1.807) is 0 Å². The normalized spacial score (nSPS) is 25.9.